The molecule has 3 rings (SSSR count). The van der Waals surface area contributed by atoms with Gasteiger partial charge >= 0.3 is 0 Å². The molecule has 0 saturated carbocycles. The molecule has 0 aliphatic rings. The predicted molar refractivity (Wildman–Crippen MR) is 75.3 cm³/mol. The van der Waals surface area contributed by atoms with E-state index in [4.69, 9.17) is 4.52 Å². The number of benzene rings is 2. The third kappa shape index (κ3) is 2.36. The lowest BCUT2D eigenvalue weighted by Crippen LogP contribution is -1.83. The average molecular weight is 264 g/mol. The van der Waals surface area contributed by atoms with Gasteiger partial charge in [0.2, 0.25) is 11.7 Å². The van der Waals surface area contributed by atoms with Crippen molar-refractivity contribution in [1.29, 1.82) is 0 Å². The molecule has 0 saturated heterocycles. The Hall–Kier alpha value is -2.75. The van der Waals surface area contributed by atoms with Crippen LogP contribution in [-0.2, 0) is 0 Å². The van der Waals surface area contributed by atoms with Gasteiger partial charge in [-0.15, -0.1) is 0 Å². The summed E-state index contributed by atoms with van der Waals surface area (Å²) < 4.78 is 4.97. The maximum absolute atomic E-state index is 10.6. The van der Waals surface area contributed by atoms with Gasteiger partial charge in [0.25, 0.3) is 0 Å². The van der Waals surface area contributed by atoms with E-state index in [2.05, 4.69) is 10.1 Å². The largest absolute Gasteiger partial charge is 0.339 e. The van der Waals surface area contributed by atoms with E-state index in [1.807, 2.05) is 36.4 Å². The summed E-state index contributed by atoms with van der Waals surface area (Å²) in [4.78, 5) is 14.8. The fraction of sp³-hybridized carbons (Fsp3) is 0.0625. The van der Waals surface area contributed by atoms with Gasteiger partial charge in [-0.05, 0) is 11.1 Å². The van der Waals surface area contributed by atoms with Crippen molar-refractivity contribution in [3.8, 4) is 22.5 Å². The molecule has 0 radical (unpaired) electrons. The third-order valence-corrected chi connectivity index (χ3v) is 3.05. The summed E-state index contributed by atoms with van der Waals surface area (Å²) in [6, 6.07) is 15.4. The summed E-state index contributed by atoms with van der Waals surface area (Å²) in [6.45, 7) is 1.76. The van der Waals surface area contributed by atoms with Crippen LogP contribution in [0.3, 0.4) is 0 Å². The van der Waals surface area contributed by atoms with Crippen LogP contribution in [0.1, 0.15) is 16.2 Å². The van der Waals surface area contributed by atoms with Crippen LogP contribution in [0.4, 0.5) is 0 Å². The van der Waals surface area contributed by atoms with Gasteiger partial charge in [-0.25, -0.2) is 0 Å². The highest BCUT2D eigenvalue weighted by molar-refractivity contribution is 5.77. The zero-order valence-corrected chi connectivity index (χ0v) is 10.9. The number of rotatable bonds is 3. The van der Waals surface area contributed by atoms with Crippen molar-refractivity contribution in [3.05, 3.63) is 60.0 Å². The molecular weight excluding hydrogens is 252 g/mol. The summed E-state index contributed by atoms with van der Waals surface area (Å²) in [7, 11) is 0. The van der Waals surface area contributed by atoms with Gasteiger partial charge in [0.15, 0.2) is 0 Å². The maximum atomic E-state index is 10.6. The van der Waals surface area contributed by atoms with Crippen molar-refractivity contribution < 1.29 is 9.32 Å². The SMILES string of the molecule is Cc1nc(-c2ccc(-c3ccc(C=O)cc3)cc2)no1. The molecule has 0 bridgehead atoms. The molecule has 3 aromatic rings. The number of hydrogen-bond acceptors (Lipinski definition) is 4. The number of aryl methyl sites for hydroxylation is 1. The minimum atomic E-state index is 0.550. The summed E-state index contributed by atoms with van der Waals surface area (Å²) in [5, 5.41) is 3.89. The quantitative estimate of drug-likeness (QED) is 0.679. The van der Waals surface area contributed by atoms with E-state index in [1.165, 1.54) is 0 Å². The summed E-state index contributed by atoms with van der Waals surface area (Å²) >= 11 is 0. The Balaban J connectivity index is 1.90. The summed E-state index contributed by atoms with van der Waals surface area (Å²) in [6.07, 6.45) is 0.839. The topological polar surface area (TPSA) is 56.0 Å². The van der Waals surface area contributed by atoms with Gasteiger partial charge in [0, 0.05) is 18.1 Å². The summed E-state index contributed by atoms with van der Waals surface area (Å²) in [5.74, 6) is 1.14. The number of aldehydes is 1. The van der Waals surface area contributed by atoms with Gasteiger partial charge in [-0.3, -0.25) is 4.79 Å². The van der Waals surface area contributed by atoms with E-state index in [-0.39, 0.29) is 0 Å². The highest BCUT2D eigenvalue weighted by Gasteiger charge is 2.05. The average Bonchev–Trinajstić information content (AvgIpc) is 2.94. The molecule has 0 N–H and O–H groups in total. The molecule has 0 aliphatic heterocycles. The van der Waals surface area contributed by atoms with E-state index in [9.17, 15) is 4.79 Å². The molecule has 0 amide bonds. The van der Waals surface area contributed by atoms with Gasteiger partial charge < -0.3 is 4.52 Å². The van der Waals surface area contributed by atoms with E-state index >= 15 is 0 Å². The molecular formula is C16H12N2O2. The van der Waals surface area contributed by atoms with Crippen LogP contribution in [-0.4, -0.2) is 16.4 Å². The second-order valence-electron chi connectivity index (χ2n) is 4.45. The number of carbonyl (C=O) groups is 1. The third-order valence-electron chi connectivity index (χ3n) is 3.05. The van der Waals surface area contributed by atoms with Crippen molar-refractivity contribution in [3.63, 3.8) is 0 Å². The van der Waals surface area contributed by atoms with Gasteiger partial charge in [-0.2, -0.15) is 4.98 Å². The summed E-state index contributed by atoms with van der Waals surface area (Å²) in [5.41, 5.74) is 3.72. The second kappa shape index (κ2) is 5.09. The number of hydrogen-bond donors (Lipinski definition) is 0. The Morgan fingerprint density at radius 1 is 0.900 bits per heavy atom. The van der Waals surface area contributed by atoms with Crippen molar-refractivity contribution >= 4 is 6.29 Å². The lowest BCUT2D eigenvalue weighted by molar-refractivity contribution is 0.112. The van der Waals surface area contributed by atoms with Crippen molar-refractivity contribution in [2.24, 2.45) is 0 Å². The smallest absolute Gasteiger partial charge is 0.223 e. The first-order chi connectivity index (χ1) is 9.76. The number of nitrogens with zero attached hydrogens (tertiary/aromatic N) is 2. The minimum absolute atomic E-state index is 0.550. The Kier molecular flexibility index (Phi) is 3.13. The van der Waals surface area contributed by atoms with Crippen molar-refractivity contribution in [2.45, 2.75) is 6.92 Å². The molecule has 20 heavy (non-hydrogen) atoms. The molecule has 0 fully saturated rings. The molecule has 1 aromatic heterocycles. The second-order valence-corrected chi connectivity index (χ2v) is 4.45. The zero-order chi connectivity index (χ0) is 13.9. The zero-order valence-electron chi connectivity index (χ0n) is 10.9. The molecule has 4 heteroatoms. The first-order valence-electron chi connectivity index (χ1n) is 6.22. The molecule has 0 aliphatic carbocycles. The first kappa shape index (κ1) is 12.3. The lowest BCUT2D eigenvalue weighted by atomic mass is 10.0. The van der Waals surface area contributed by atoms with E-state index in [1.54, 1.807) is 19.1 Å². The van der Waals surface area contributed by atoms with Crippen molar-refractivity contribution in [2.75, 3.05) is 0 Å². The first-order valence-corrected chi connectivity index (χ1v) is 6.22. The van der Waals surface area contributed by atoms with Crippen molar-refractivity contribution in [1.82, 2.24) is 10.1 Å². The number of carbonyl (C=O) groups excluding carboxylic acids is 1. The molecule has 0 unspecified atom stereocenters. The van der Waals surface area contributed by atoms with Crippen LogP contribution in [0, 0.1) is 6.92 Å². The molecule has 98 valence electrons. The van der Waals surface area contributed by atoms with Gasteiger partial charge in [-0.1, -0.05) is 53.7 Å². The van der Waals surface area contributed by atoms with Gasteiger partial charge in [0.05, 0.1) is 0 Å². The monoisotopic (exact) mass is 264 g/mol. The van der Waals surface area contributed by atoms with E-state index in [0.717, 1.165) is 23.0 Å². The van der Waals surface area contributed by atoms with Crippen LogP contribution >= 0.6 is 0 Å². The van der Waals surface area contributed by atoms with Gasteiger partial charge in [0.1, 0.15) is 6.29 Å². The molecule has 4 nitrogen and oxygen atoms in total. The highest BCUT2D eigenvalue weighted by atomic mass is 16.5. The van der Waals surface area contributed by atoms with Crippen LogP contribution < -0.4 is 0 Å². The normalized spacial score (nSPS) is 10.4. The van der Waals surface area contributed by atoms with Crippen LogP contribution in [0.5, 0.6) is 0 Å². The van der Waals surface area contributed by atoms with Crippen LogP contribution in [0.25, 0.3) is 22.5 Å². The number of aromatic nitrogens is 2. The molecule has 0 spiro atoms. The maximum Gasteiger partial charge on any atom is 0.223 e. The fourth-order valence-electron chi connectivity index (χ4n) is 1.98. The van der Waals surface area contributed by atoms with Crippen LogP contribution in [0.2, 0.25) is 0 Å². The highest BCUT2D eigenvalue weighted by Crippen LogP contribution is 2.23. The fourth-order valence-corrected chi connectivity index (χ4v) is 1.98. The lowest BCUT2D eigenvalue weighted by Gasteiger charge is -2.02. The van der Waals surface area contributed by atoms with E-state index < -0.39 is 0 Å². The molecule has 1 heterocycles. The molecule has 0 atom stereocenters. The Morgan fingerprint density at radius 3 is 1.95 bits per heavy atom. The Morgan fingerprint density at radius 2 is 1.45 bits per heavy atom. The molecule has 2 aromatic carbocycles. The van der Waals surface area contributed by atoms with E-state index in [0.29, 0.717) is 17.3 Å². The Labute approximate surface area is 116 Å². The minimum Gasteiger partial charge on any atom is -0.339 e. The van der Waals surface area contributed by atoms with Crippen LogP contribution in [0.15, 0.2) is 53.1 Å². The predicted octanol–water partition coefficient (Wildman–Crippen LogP) is 3.52. The standard InChI is InChI=1S/C16H12N2O2/c1-11-17-16(18-20-11)15-8-6-14(7-9-15)13-4-2-12(10-19)3-5-13/h2-10H,1H3. The Bertz CT molecular complexity index is 728.